The molecule has 0 radical (unpaired) electrons. The summed E-state index contributed by atoms with van der Waals surface area (Å²) < 4.78 is 5.05. The Morgan fingerprint density at radius 3 is 2.65 bits per heavy atom. The van der Waals surface area contributed by atoms with Crippen LogP contribution in [-0.2, 0) is 16.1 Å². The van der Waals surface area contributed by atoms with Gasteiger partial charge in [-0.1, -0.05) is 31.5 Å². The smallest absolute Gasteiger partial charge is 0.308 e. The Kier molecular flexibility index (Phi) is 6.73. The molecule has 1 aromatic carbocycles. The van der Waals surface area contributed by atoms with Crippen LogP contribution in [0.5, 0.6) is 0 Å². The van der Waals surface area contributed by atoms with Crippen LogP contribution in [0.15, 0.2) is 24.3 Å². The van der Waals surface area contributed by atoms with Crippen molar-refractivity contribution in [2.75, 3.05) is 13.7 Å². The third-order valence-electron chi connectivity index (χ3n) is 3.06. The van der Waals surface area contributed by atoms with Gasteiger partial charge in [0.15, 0.2) is 0 Å². The molecule has 1 unspecified atom stereocenters. The van der Waals surface area contributed by atoms with Gasteiger partial charge in [0.25, 0.3) is 5.91 Å². The Bertz CT molecular complexity index is 459. The quantitative estimate of drug-likeness (QED) is 0.763. The lowest BCUT2D eigenvalue weighted by Crippen LogP contribution is -2.33. The van der Waals surface area contributed by atoms with E-state index in [1.54, 1.807) is 19.2 Å². The molecule has 0 bridgehead atoms. The van der Waals surface area contributed by atoms with Crippen LogP contribution in [0.25, 0.3) is 0 Å². The summed E-state index contributed by atoms with van der Waals surface area (Å²) in [6.07, 6.45) is 1.32. The number of aliphatic carboxylic acids is 1. The minimum absolute atomic E-state index is 0.142. The average molecular weight is 279 g/mol. The highest BCUT2D eigenvalue weighted by atomic mass is 16.5. The van der Waals surface area contributed by atoms with Gasteiger partial charge in [-0.15, -0.1) is 0 Å². The van der Waals surface area contributed by atoms with Crippen molar-refractivity contribution in [2.45, 2.75) is 26.4 Å². The van der Waals surface area contributed by atoms with Gasteiger partial charge in [-0.2, -0.15) is 0 Å². The van der Waals surface area contributed by atoms with Gasteiger partial charge in [-0.05, 0) is 18.1 Å². The van der Waals surface area contributed by atoms with E-state index in [4.69, 9.17) is 9.84 Å². The summed E-state index contributed by atoms with van der Waals surface area (Å²) in [7, 11) is 1.57. The number of amides is 1. The van der Waals surface area contributed by atoms with E-state index in [1.807, 2.05) is 19.1 Å². The zero-order chi connectivity index (χ0) is 15.0. The second-order valence-electron chi connectivity index (χ2n) is 4.62. The summed E-state index contributed by atoms with van der Waals surface area (Å²) in [4.78, 5) is 23.1. The molecule has 1 amide bonds. The number of carbonyl (C=O) groups excluding carboxylic acids is 1. The molecule has 1 rings (SSSR count). The SMILES string of the molecule is CCCC(CNC(=O)c1ccccc1COC)C(=O)O. The zero-order valence-electron chi connectivity index (χ0n) is 11.9. The van der Waals surface area contributed by atoms with E-state index in [-0.39, 0.29) is 12.5 Å². The fourth-order valence-corrected chi connectivity index (χ4v) is 2.00. The Morgan fingerprint density at radius 2 is 2.05 bits per heavy atom. The first-order chi connectivity index (χ1) is 9.60. The molecule has 0 spiro atoms. The molecule has 1 aromatic rings. The second-order valence-corrected chi connectivity index (χ2v) is 4.62. The molecule has 0 aliphatic rings. The Morgan fingerprint density at radius 1 is 1.35 bits per heavy atom. The predicted molar refractivity (Wildman–Crippen MR) is 75.5 cm³/mol. The maximum atomic E-state index is 12.1. The molecule has 0 aliphatic carbocycles. The second kappa shape index (κ2) is 8.32. The number of nitrogens with one attached hydrogen (secondary N) is 1. The number of carboxylic acids is 1. The van der Waals surface area contributed by atoms with Crippen molar-refractivity contribution in [3.05, 3.63) is 35.4 Å². The minimum atomic E-state index is -0.877. The van der Waals surface area contributed by atoms with Gasteiger partial charge in [0.2, 0.25) is 0 Å². The fraction of sp³-hybridized carbons (Fsp3) is 0.467. The molecular weight excluding hydrogens is 258 g/mol. The van der Waals surface area contributed by atoms with Crippen molar-refractivity contribution in [1.82, 2.24) is 5.32 Å². The van der Waals surface area contributed by atoms with Crippen molar-refractivity contribution < 1.29 is 19.4 Å². The van der Waals surface area contributed by atoms with Crippen molar-refractivity contribution in [3.8, 4) is 0 Å². The highest BCUT2D eigenvalue weighted by molar-refractivity contribution is 5.95. The Hall–Kier alpha value is -1.88. The number of methoxy groups -OCH3 is 1. The molecule has 0 heterocycles. The van der Waals surface area contributed by atoms with Gasteiger partial charge in [0, 0.05) is 19.2 Å². The van der Waals surface area contributed by atoms with Gasteiger partial charge in [0.05, 0.1) is 12.5 Å². The molecular formula is C15H21NO4. The van der Waals surface area contributed by atoms with Crippen molar-refractivity contribution in [1.29, 1.82) is 0 Å². The van der Waals surface area contributed by atoms with E-state index in [2.05, 4.69) is 5.32 Å². The van der Waals surface area contributed by atoms with E-state index < -0.39 is 11.9 Å². The predicted octanol–water partition coefficient (Wildman–Crippen LogP) is 2.06. The normalized spacial score (nSPS) is 11.9. The van der Waals surface area contributed by atoms with Crippen molar-refractivity contribution >= 4 is 11.9 Å². The summed E-state index contributed by atoms with van der Waals surface area (Å²) in [6, 6.07) is 7.13. The lowest BCUT2D eigenvalue weighted by molar-refractivity contribution is -0.141. The molecule has 0 fully saturated rings. The molecule has 110 valence electrons. The molecule has 1 atom stereocenters. The standard InChI is InChI=1S/C15H21NO4/c1-3-6-11(15(18)19)9-16-14(17)13-8-5-4-7-12(13)10-20-2/h4-5,7-8,11H,3,6,9-10H2,1-2H3,(H,16,17)(H,18,19). The number of carbonyl (C=O) groups is 2. The van der Waals surface area contributed by atoms with Crippen LogP contribution >= 0.6 is 0 Å². The molecule has 0 saturated carbocycles. The van der Waals surface area contributed by atoms with E-state index >= 15 is 0 Å². The van der Waals surface area contributed by atoms with Crippen LogP contribution in [0, 0.1) is 5.92 Å². The molecule has 0 aromatic heterocycles. The van der Waals surface area contributed by atoms with Crippen LogP contribution in [0.4, 0.5) is 0 Å². The Balaban J connectivity index is 2.69. The average Bonchev–Trinajstić information content (AvgIpc) is 2.43. The Labute approximate surface area is 118 Å². The minimum Gasteiger partial charge on any atom is -0.481 e. The van der Waals surface area contributed by atoms with Gasteiger partial charge in [0.1, 0.15) is 0 Å². The van der Waals surface area contributed by atoms with E-state index in [0.29, 0.717) is 18.6 Å². The lowest BCUT2D eigenvalue weighted by Gasteiger charge is -2.13. The highest BCUT2D eigenvalue weighted by Gasteiger charge is 2.18. The van der Waals surface area contributed by atoms with Crippen LogP contribution in [0.1, 0.15) is 35.7 Å². The summed E-state index contributed by atoms with van der Waals surface area (Å²) in [5, 5.41) is 11.7. The van der Waals surface area contributed by atoms with Gasteiger partial charge in [-0.3, -0.25) is 9.59 Å². The topological polar surface area (TPSA) is 75.6 Å². The molecule has 2 N–H and O–H groups in total. The van der Waals surface area contributed by atoms with Gasteiger partial charge in [-0.25, -0.2) is 0 Å². The van der Waals surface area contributed by atoms with Gasteiger partial charge >= 0.3 is 5.97 Å². The maximum Gasteiger partial charge on any atom is 0.308 e. The molecule has 20 heavy (non-hydrogen) atoms. The fourth-order valence-electron chi connectivity index (χ4n) is 2.00. The van der Waals surface area contributed by atoms with E-state index in [9.17, 15) is 9.59 Å². The third kappa shape index (κ3) is 4.66. The number of hydrogen-bond acceptors (Lipinski definition) is 3. The van der Waals surface area contributed by atoms with Crippen LogP contribution in [0.3, 0.4) is 0 Å². The number of benzene rings is 1. The summed E-state index contributed by atoms with van der Waals surface area (Å²) in [6.45, 7) is 2.41. The monoisotopic (exact) mass is 279 g/mol. The molecule has 5 heteroatoms. The van der Waals surface area contributed by atoms with Gasteiger partial charge < -0.3 is 15.2 Å². The third-order valence-corrected chi connectivity index (χ3v) is 3.06. The largest absolute Gasteiger partial charge is 0.481 e. The maximum absolute atomic E-state index is 12.1. The molecule has 0 saturated heterocycles. The number of hydrogen-bond donors (Lipinski definition) is 2. The van der Waals surface area contributed by atoms with Crippen molar-refractivity contribution in [2.24, 2.45) is 5.92 Å². The molecule has 5 nitrogen and oxygen atoms in total. The number of carboxylic acid groups (broad SMARTS) is 1. The summed E-state index contributed by atoms with van der Waals surface area (Å²) >= 11 is 0. The summed E-state index contributed by atoms with van der Waals surface area (Å²) in [5.41, 5.74) is 1.31. The van der Waals surface area contributed by atoms with Crippen LogP contribution in [0.2, 0.25) is 0 Å². The summed E-state index contributed by atoms with van der Waals surface area (Å²) in [5.74, 6) is -1.68. The molecule has 0 aliphatic heterocycles. The van der Waals surface area contributed by atoms with Crippen molar-refractivity contribution in [3.63, 3.8) is 0 Å². The van der Waals surface area contributed by atoms with E-state index in [0.717, 1.165) is 12.0 Å². The zero-order valence-corrected chi connectivity index (χ0v) is 11.9. The highest BCUT2D eigenvalue weighted by Crippen LogP contribution is 2.11. The first-order valence-electron chi connectivity index (χ1n) is 6.68. The lowest BCUT2D eigenvalue weighted by atomic mass is 10.0. The van der Waals surface area contributed by atoms with Crippen LogP contribution in [-0.4, -0.2) is 30.6 Å². The first kappa shape index (κ1) is 16.2. The van der Waals surface area contributed by atoms with E-state index in [1.165, 1.54) is 0 Å². The number of rotatable bonds is 8. The van der Waals surface area contributed by atoms with Crippen LogP contribution < -0.4 is 5.32 Å². The first-order valence-corrected chi connectivity index (χ1v) is 6.68. The number of ether oxygens (including phenoxy) is 1.